The Morgan fingerprint density at radius 2 is 2.47 bits per heavy atom. The second-order valence-corrected chi connectivity index (χ2v) is 4.96. The second kappa shape index (κ2) is 5.36. The lowest BCUT2D eigenvalue weighted by atomic mass is 10.1. The fourth-order valence-electron chi connectivity index (χ4n) is 2.40. The molecule has 0 aromatic carbocycles. The molecule has 1 aliphatic rings. The van der Waals surface area contributed by atoms with Crippen molar-refractivity contribution in [2.75, 3.05) is 0 Å². The zero-order valence-corrected chi connectivity index (χ0v) is 10.2. The summed E-state index contributed by atoms with van der Waals surface area (Å²) in [5.74, 6) is 1.14. The summed E-state index contributed by atoms with van der Waals surface area (Å²) in [5, 5.41) is 3.03. The van der Waals surface area contributed by atoms with Gasteiger partial charge in [-0.15, -0.1) is 0 Å². The topological polar surface area (TPSA) is 68.3 Å². The van der Waals surface area contributed by atoms with E-state index in [0.717, 1.165) is 31.4 Å². The average molecular weight is 236 g/mol. The molecule has 0 aliphatic heterocycles. The Kier molecular flexibility index (Phi) is 3.84. The Hall–Kier alpha value is -1.29. The molecule has 0 spiro atoms. The number of nitrogens with two attached hydrogens (primary N) is 1. The Balaban J connectivity index is 1.78. The summed E-state index contributed by atoms with van der Waals surface area (Å²) in [6.07, 6.45) is 5.09. The molecule has 1 aliphatic carbocycles. The SMILES string of the molecule is CC(Cc1ccco1)NC(=O)C1CCC(N)C1. The number of furan rings is 1. The smallest absolute Gasteiger partial charge is 0.223 e. The van der Waals surface area contributed by atoms with Crippen molar-refractivity contribution < 1.29 is 9.21 Å². The molecule has 2 rings (SSSR count). The second-order valence-electron chi connectivity index (χ2n) is 4.96. The van der Waals surface area contributed by atoms with Gasteiger partial charge < -0.3 is 15.5 Å². The van der Waals surface area contributed by atoms with E-state index >= 15 is 0 Å². The van der Waals surface area contributed by atoms with Gasteiger partial charge in [0.05, 0.1) is 6.26 Å². The van der Waals surface area contributed by atoms with Gasteiger partial charge in [0.1, 0.15) is 5.76 Å². The first-order chi connectivity index (χ1) is 8.15. The van der Waals surface area contributed by atoms with Crippen LogP contribution in [0.2, 0.25) is 0 Å². The highest BCUT2D eigenvalue weighted by Gasteiger charge is 2.28. The van der Waals surface area contributed by atoms with Gasteiger partial charge in [0, 0.05) is 24.4 Å². The molecule has 1 saturated carbocycles. The fraction of sp³-hybridized carbons (Fsp3) is 0.615. The van der Waals surface area contributed by atoms with Gasteiger partial charge in [-0.25, -0.2) is 0 Å². The van der Waals surface area contributed by atoms with Crippen molar-refractivity contribution in [1.29, 1.82) is 0 Å². The largest absolute Gasteiger partial charge is 0.469 e. The van der Waals surface area contributed by atoms with Crippen LogP contribution < -0.4 is 11.1 Å². The molecule has 3 N–H and O–H groups in total. The van der Waals surface area contributed by atoms with Gasteiger partial charge in [-0.3, -0.25) is 4.79 Å². The van der Waals surface area contributed by atoms with Crippen molar-refractivity contribution in [3.05, 3.63) is 24.2 Å². The van der Waals surface area contributed by atoms with Crippen LogP contribution >= 0.6 is 0 Å². The van der Waals surface area contributed by atoms with Crippen LogP contribution in [0.4, 0.5) is 0 Å². The Bertz CT molecular complexity index is 362. The quantitative estimate of drug-likeness (QED) is 0.831. The normalized spacial score (nSPS) is 25.8. The van der Waals surface area contributed by atoms with Gasteiger partial charge >= 0.3 is 0 Å². The maximum atomic E-state index is 11.9. The Morgan fingerprint density at radius 1 is 1.65 bits per heavy atom. The highest BCUT2D eigenvalue weighted by molar-refractivity contribution is 5.79. The highest BCUT2D eigenvalue weighted by atomic mass is 16.3. The zero-order chi connectivity index (χ0) is 12.3. The van der Waals surface area contributed by atoms with Gasteiger partial charge in [0.15, 0.2) is 0 Å². The van der Waals surface area contributed by atoms with Gasteiger partial charge in [0.25, 0.3) is 0 Å². The lowest BCUT2D eigenvalue weighted by Gasteiger charge is -2.16. The van der Waals surface area contributed by atoms with Crippen LogP contribution in [0.15, 0.2) is 22.8 Å². The van der Waals surface area contributed by atoms with Gasteiger partial charge in [-0.05, 0) is 38.3 Å². The summed E-state index contributed by atoms with van der Waals surface area (Å²) in [4.78, 5) is 11.9. The van der Waals surface area contributed by atoms with E-state index in [-0.39, 0.29) is 23.9 Å². The molecule has 3 unspecified atom stereocenters. The molecule has 0 saturated heterocycles. The van der Waals surface area contributed by atoms with Crippen LogP contribution in [0.3, 0.4) is 0 Å². The van der Waals surface area contributed by atoms with Gasteiger partial charge in [0.2, 0.25) is 5.91 Å². The standard InChI is InChI=1S/C13H20N2O2/c1-9(7-12-3-2-6-17-12)15-13(16)10-4-5-11(14)8-10/h2-3,6,9-11H,4-5,7-8,14H2,1H3,(H,15,16). The lowest BCUT2D eigenvalue weighted by Crippen LogP contribution is -2.38. The van der Waals surface area contributed by atoms with Gasteiger partial charge in [-0.1, -0.05) is 0 Å². The molecule has 3 atom stereocenters. The van der Waals surface area contributed by atoms with Crippen LogP contribution in [-0.2, 0) is 11.2 Å². The average Bonchev–Trinajstić information content (AvgIpc) is 2.89. The monoisotopic (exact) mass is 236 g/mol. The minimum Gasteiger partial charge on any atom is -0.469 e. The van der Waals surface area contributed by atoms with Crippen molar-refractivity contribution in [2.24, 2.45) is 11.7 Å². The summed E-state index contributed by atoms with van der Waals surface area (Å²) >= 11 is 0. The van der Waals surface area contributed by atoms with E-state index in [1.807, 2.05) is 19.1 Å². The minimum atomic E-state index is 0.101. The minimum absolute atomic E-state index is 0.101. The number of amides is 1. The first-order valence-electron chi connectivity index (χ1n) is 6.23. The van der Waals surface area contributed by atoms with Crippen LogP contribution in [0.25, 0.3) is 0 Å². The fourth-order valence-corrected chi connectivity index (χ4v) is 2.40. The first kappa shape index (κ1) is 12.2. The van der Waals surface area contributed by atoms with Crippen LogP contribution in [0.1, 0.15) is 31.9 Å². The van der Waals surface area contributed by atoms with E-state index in [0.29, 0.717) is 0 Å². The Morgan fingerprint density at radius 3 is 3.06 bits per heavy atom. The summed E-state index contributed by atoms with van der Waals surface area (Å²) in [6, 6.07) is 4.09. The van der Waals surface area contributed by atoms with Crippen molar-refractivity contribution in [3.63, 3.8) is 0 Å². The highest BCUT2D eigenvalue weighted by Crippen LogP contribution is 2.24. The Labute approximate surface area is 102 Å². The van der Waals surface area contributed by atoms with Crippen molar-refractivity contribution in [3.8, 4) is 0 Å². The number of rotatable bonds is 4. The molecule has 1 amide bonds. The van der Waals surface area contributed by atoms with E-state index in [4.69, 9.17) is 10.2 Å². The third-order valence-electron chi connectivity index (χ3n) is 3.32. The van der Waals surface area contributed by atoms with Crippen molar-refractivity contribution >= 4 is 5.91 Å². The number of hydrogen-bond acceptors (Lipinski definition) is 3. The van der Waals surface area contributed by atoms with Gasteiger partial charge in [-0.2, -0.15) is 0 Å². The lowest BCUT2D eigenvalue weighted by molar-refractivity contribution is -0.125. The van der Waals surface area contributed by atoms with E-state index in [9.17, 15) is 4.79 Å². The predicted molar refractivity (Wildman–Crippen MR) is 65.3 cm³/mol. The van der Waals surface area contributed by atoms with E-state index < -0.39 is 0 Å². The summed E-state index contributed by atoms with van der Waals surface area (Å²) in [5.41, 5.74) is 5.81. The molecule has 1 heterocycles. The summed E-state index contributed by atoms with van der Waals surface area (Å²) in [6.45, 7) is 2.00. The third kappa shape index (κ3) is 3.33. The summed E-state index contributed by atoms with van der Waals surface area (Å²) in [7, 11) is 0. The van der Waals surface area contributed by atoms with Crippen LogP contribution in [0.5, 0.6) is 0 Å². The molecule has 0 radical (unpaired) electrons. The van der Waals surface area contributed by atoms with E-state index in [2.05, 4.69) is 5.32 Å². The molecule has 0 bridgehead atoms. The molecular weight excluding hydrogens is 216 g/mol. The molecule has 1 aromatic rings. The molecule has 4 nitrogen and oxygen atoms in total. The third-order valence-corrected chi connectivity index (χ3v) is 3.32. The van der Waals surface area contributed by atoms with Crippen molar-refractivity contribution in [1.82, 2.24) is 5.32 Å². The van der Waals surface area contributed by atoms with Crippen LogP contribution in [0, 0.1) is 5.92 Å². The number of carbonyl (C=O) groups excluding carboxylic acids is 1. The van der Waals surface area contributed by atoms with E-state index in [1.54, 1.807) is 6.26 Å². The molecule has 1 fully saturated rings. The molecule has 4 heteroatoms. The maximum absolute atomic E-state index is 11.9. The number of nitrogens with one attached hydrogen (secondary N) is 1. The van der Waals surface area contributed by atoms with Crippen molar-refractivity contribution in [2.45, 2.75) is 44.7 Å². The molecule has 17 heavy (non-hydrogen) atoms. The molecular formula is C13H20N2O2. The first-order valence-corrected chi connectivity index (χ1v) is 6.23. The zero-order valence-electron chi connectivity index (χ0n) is 10.2. The number of hydrogen-bond donors (Lipinski definition) is 2. The number of carbonyl (C=O) groups is 1. The molecule has 1 aromatic heterocycles. The van der Waals surface area contributed by atoms with Crippen LogP contribution in [-0.4, -0.2) is 18.0 Å². The van der Waals surface area contributed by atoms with E-state index in [1.165, 1.54) is 0 Å². The summed E-state index contributed by atoms with van der Waals surface area (Å²) < 4.78 is 5.26. The molecule has 94 valence electrons. The predicted octanol–water partition coefficient (Wildman–Crippen LogP) is 1.45. The maximum Gasteiger partial charge on any atom is 0.223 e.